The minimum Gasteiger partial charge on any atom is -0.444 e. The number of alkyl carbamates (subject to hydrolysis) is 1. The molecule has 18 heavy (non-hydrogen) atoms. The van der Waals surface area contributed by atoms with Crippen LogP contribution in [0.4, 0.5) is 4.79 Å². The quantitative estimate of drug-likeness (QED) is 0.642. The van der Waals surface area contributed by atoms with Crippen LogP contribution in [0.3, 0.4) is 0 Å². The average molecular weight is 259 g/mol. The first kappa shape index (κ1) is 14.7. The van der Waals surface area contributed by atoms with Gasteiger partial charge in [0.25, 0.3) is 0 Å². The Kier molecular flexibility index (Phi) is 4.53. The van der Waals surface area contributed by atoms with Gasteiger partial charge in [-0.05, 0) is 20.8 Å². The number of likely N-dealkylation sites (N-methyl/N-ethyl adjacent to an activating group) is 1. The molecule has 2 amide bonds. The standard InChI is InChI=1S/C11H21N3O4/c1-11(2,3)18-10(17)12-7(6-15)8-5-9(16)13-14(8)4/h7-8,15H,5-6H2,1-4H3,(H,12,17)(H,13,16)/t7-,8-/m1/s1. The molecule has 7 nitrogen and oxygen atoms in total. The monoisotopic (exact) mass is 259 g/mol. The molecular weight excluding hydrogens is 238 g/mol. The van der Waals surface area contributed by atoms with Gasteiger partial charge in [0, 0.05) is 13.5 Å². The first-order valence-corrected chi connectivity index (χ1v) is 5.85. The molecular formula is C11H21N3O4. The van der Waals surface area contributed by atoms with Crippen LogP contribution in [0.25, 0.3) is 0 Å². The van der Waals surface area contributed by atoms with E-state index in [4.69, 9.17) is 4.74 Å². The second-order valence-electron chi connectivity index (χ2n) is 5.35. The Hall–Kier alpha value is -1.34. The molecule has 104 valence electrons. The van der Waals surface area contributed by atoms with Crippen molar-refractivity contribution in [1.29, 1.82) is 0 Å². The van der Waals surface area contributed by atoms with E-state index in [1.165, 1.54) is 0 Å². The fourth-order valence-corrected chi connectivity index (χ4v) is 1.79. The van der Waals surface area contributed by atoms with Crippen LogP contribution in [0.2, 0.25) is 0 Å². The number of nitrogens with one attached hydrogen (secondary N) is 2. The molecule has 1 aliphatic heterocycles. The Morgan fingerprint density at radius 3 is 2.67 bits per heavy atom. The third-order valence-electron chi connectivity index (χ3n) is 2.56. The van der Waals surface area contributed by atoms with Gasteiger partial charge in [-0.2, -0.15) is 0 Å². The first-order valence-electron chi connectivity index (χ1n) is 5.85. The molecule has 1 fully saturated rings. The zero-order chi connectivity index (χ0) is 13.9. The maximum atomic E-state index is 11.6. The number of aliphatic hydroxyl groups is 1. The average Bonchev–Trinajstić information content (AvgIpc) is 2.51. The molecule has 0 radical (unpaired) electrons. The van der Waals surface area contributed by atoms with Crippen LogP contribution in [-0.4, -0.2) is 53.5 Å². The molecule has 7 heteroatoms. The molecule has 0 bridgehead atoms. The first-order chi connectivity index (χ1) is 8.23. The maximum absolute atomic E-state index is 11.6. The molecule has 0 saturated carbocycles. The Balaban J connectivity index is 2.57. The molecule has 0 aromatic carbocycles. The molecule has 1 aliphatic rings. The number of ether oxygens (including phenoxy) is 1. The molecule has 1 heterocycles. The number of amides is 2. The van der Waals surface area contributed by atoms with Crippen molar-refractivity contribution in [2.24, 2.45) is 0 Å². The van der Waals surface area contributed by atoms with E-state index in [-0.39, 0.29) is 25.0 Å². The van der Waals surface area contributed by atoms with Crippen LogP contribution in [-0.2, 0) is 9.53 Å². The van der Waals surface area contributed by atoms with Crippen LogP contribution in [0.5, 0.6) is 0 Å². The van der Waals surface area contributed by atoms with E-state index in [0.29, 0.717) is 0 Å². The van der Waals surface area contributed by atoms with E-state index in [0.717, 1.165) is 0 Å². The van der Waals surface area contributed by atoms with E-state index in [2.05, 4.69) is 10.7 Å². The molecule has 0 aromatic rings. The highest BCUT2D eigenvalue weighted by Gasteiger charge is 2.35. The highest BCUT2D eigenvalue weighted by atomic mass is 16.6. The molecule has 0 aliphatic carbocycles. The number of nitrogens with zero attached hydrogens (tertiary/aromatic N) is 1. The summed E-state index contributed by atoms with van der Waals surface area (Å²) in [5.41, 5.74) is 2.00. The summed E-state index contributed by atoms with van der Waals surface area (Å²) in [4.78, 5) is 22.8. The number of hydrogen-bond acceptors (Lipinski definition) is 5. The lowest BCUT2D eigenvalue weighted by Gasteiger charge is -2.28. The van der Waals surface area contributed by atoms with Gasteiger partial charge in [0.1, 0.15) is 5.60 Å². The van der Waals surface area contributed by atoms with Gasteiger partial charge < -0.3 is 15.2 Å². The summed E-state index contributed by atoms with van der Waals surface area (Å²) in [7, 11) is 1.69. The van der Waals surface area contributed by atoms with Crippen LogP contribution < -0.4 is 10.7 Å². The molecule has 0 unspecified atom stereocenters. The second-order valence-corrected chi connectivity index (χ2v) is 5.35. The topological polar surface area (TPSA) is 90.9 Å². The maximum Gasteiger partial charge on any atom is 0.408 e. The van der Waals surface area contributed by atoms with E-state index in [1.54, 1.807) is 32.8 Å². The second kappa shape index (κ2) is 5.53. The third kappa shape index (κ3) is 4.15. The van der Waals surface area contributed by atoms with Gasteiger partial charge in [-0.3, -0.25) is 10.2 Å². The third-order valence-corrected chi connectivity index (χ3v) is 2.56. The van der Waals surface area contributed by atoms with Crippen molar-refractivity contribution in [3.63, 3.8) is 0 Å². The Labute approximate surface area is 106 Å². The fraction of sp³-hybridized carbons (Fsp3) is 0.818. The summed E-state index contributed by atoms with van der Waals surface area (Å²) in [5, 5.41) is 13.5. The Bertz CT molecular complexity index is 327. The summed E-state index contributed by atoms with van der Waals surface area (Å²) in [5.74, 6) is -0.132. The van der Waals surface area contributed by atoms with Crippen molar-refractivity contribution in [2.75, 3.05) is 13.7 Å². The number of rotatable bonds is 3. The summed E-state index contributed by atoms with van der Waals surface area (Å²) in [6.07, 6.45) is -0.369. The summed E-state index contributed by atoms with van der Waals surface area (Å²) in [6, 6.07) is -0.834. The SMILES string of the molecule is CN1NC(=O)C[C@@H]1[C@@H](CO)NC(=O)OC(C)(C)C. The van der Waals surface area contributed by atoms with Crippen molar-refractivity contribution in [1.82, 2.24) is 15.8 Å². The van der Waals surface area contributed by atoms with Crippen LogP contribution in [0, 0.1) is 0 Å². The fourth-order valence-electron chi connectivity index (χ4n) is 1.79. The Morgan fingerprint density at radius 1 is 1.67 bits per heavy atom. The summed E-state index contributed by atoms with van der Waals surface area (Å²) in [6.45, 7) is 5.01. The van der Waals surface area contributed by atoms with Gasteiger partial charge in [0.2, 0.25) is 5.91 Å². The summed E-state index contributed by atoms with van der Waals surface area (Å²) < 4.78 is 5.11. The number of aliphatic hydroxyl groups excluding tert-OH is 1. The molecule has 1 rings (SSSR count). The van der Waals surface area contributed by atoms with Gasteiger partial charge in [0.05, 0.1) is 18.7 Å². The van der Waals surface area contributed by atoms with E-state index >= 15 is 0 Å². The molecule has 0 aromatic heterocycles. The molecule has 3 N–H and O–H groups in total. The predicted octanol–water partition coefficient (Wildman–Crippen LogP) is -0.393. The minimum absolute atomic E-state index is 0.132. The molecule has 2 atom stereocenters. The lowest BCUT2D eigenvalue weighted by atomic mass is 10.1. The lowest BCUT2D eigenvalue weighted by molar-refractivity contribution is -0.120. The van der Waals surface area contributed by atoms with Gasteiger partial charge in [-0.1, -0.05) is 0 Å². The van der Waals surface area contributed by atoms with Crippen molar-refractivity contribution in [2.45, 2.75) is 44.9 Å². The molecule has 1 saturated heterocycles. The van der Waals surface area contributed by atoms with Crippen molar-refractivity contribution < 1.29 is 19.4 Å². The normalized spacial score (nSPS) is 22.5. The van der Waals surface area contributed by atoms with Gasteiger partial charge >= 0.3 is 6.09 Å². The highest BCUT2D eigenvalue weighted by molar-refractivity contribution is 5.78. The largest absolute Gasteiger partial charge is 0.444 e. The lowest BCUT2D eigenvalue weighted by Crippen LogP contribution is -2.52. The highest BCUT2D eigenvalue weighted by Crippen LogP contribution is 2.13. The number of carbonyl (C=O) groups excluding carboxylic acids is 2. The number of hydrazine groups is 1. The van der Waals surface area contributed by atoms with Gasteiger partial charge in [-0.15, -0.1) is 0 Å². The molecule has 0 spiro atoms. The Morgan fingerprint density at radius 2 is 2.28 bits per heavy atom. The van der Waals surface area contributed by atoms with Crippen molar-refractivity contribution in [3.05, 3.63) is 0 Å². The van der Waals surface area contributed by atoms with Crippen molar-refractivity contribution in [3.8, 4) is 0 Å². The smallest absolute Gasteiger partial charge is 0.408 e. The zero-order valence-corrected chi connectivity index (χ0v) is 11.2. The summed E-state index contributed by atoms with van der Waals surface area (Å²) >= 11 is 0. The van der Waals surface area contributed by atoms with Crippen LogP contribution in [0.15, 0.2) is 0 Å². The number of hydrogen-bond donors (Lipinski definition) is 3. The predicted molar refractivity (Wildman–Crippen MR) is 64.6 cm³/mol. The van der Waals surface area contributed by atoms with Crippen LogP contribution >= 0.6 is 0 Å². The minimum atomic E-state index is -0.603. The van der Waals surface area contributed by atoms with E-state index in [9.17, 15) is 14.7 Å². The van der Waals surface area contributed by atoms with Crippen LogP contribution in [0.1, 0.15) is 27.2 Å². The van der Waals surface area contributed by atoms with E-state index < -0.39 is 17.7 Å². The zero-order valence-electron chi connectivity index (χ0n) is 11.2. The van der Waals surface area contributed by atoms with Crippen molar-refractivity contribution >= 4 is 12.0 Å². The van der Waals surface area contributed by atoms with E-state index in [1.807, 2.05) is 0 Å². The van der Waals surface area contributed by atoms with Gasteiger partial charge in [-0.25, -0.2) is 9.80 Å². The number of carbonyl (C=O) groups is 2. The van der Waals surface area contributed by atoms with Gasteiger partial charge in [0.15, 0.2) is 0 Å².